The fourth-order valence-corrected chi connectivity index (χ4v) is 8.15. The second-order valence-electron chi connectivity index (χ2n) is 13.7. The third-order valence-corrected chi connectivity index (χ3v) is 10.6. The van der Waals surface area contributed by atoms with Crippen molar-refractivity contribution in [2.45, 2.75) is 50.7 Å². The number of nitrogens with one attached hydrogen (secondary N) is 1. The number of carbonyl (C=O) groups excluding carboxylic acids is 1. The van der Waals surface area contributed by atoms with Crippen molar-refractivity contribution in [3.63, 3.8) is 0 Å². The molecule has 0 bridgehead atoms. The Bertz CT molecular complexity index is 2250. The van der Waals surface area contributed by atoms with Crippen LogP contribution in [0.1, 0.15) is 48.3 Å². The zero-order chi connectivity index (χ0) is 33.3. The minimum absolute atomic E-state index is 0.0270. The van der Waals surface area contributed by atoms with Gasteiger partial charge in [-0.15, -0.1) is 0 Å². The van der Waals surface area contributed by atoms with Gasteiger partial charge in [0, 0.05) is 44.3 Å². The van der Waals surface area contributed by atoms with Crippen molar-refractivity contribution in [2.75, 3.05) is 45.2 Å². The lowest BCUT2D eigenvalue weighted by atomic mass is 9.95. The Morgan fingerprint density at radius 1 is 1.00 bits per heavy atom. The van der Waals surface area contributed by atoms with E-state index in [0.29, 0.717) is 48.7 Å². The van der Waals surface area contributed by atoms with E-state index in [1.807, 2.05) is 41.1 Å². The number of halogens is 1. The van der Waals surface area contributed by atoms with Gasteiger partial charge in [-0.2, -0.15) is 20.2 Å². The molecule has 49 heavy (non-hydrogen) atoms. The van der Waals surface area contributed by atoms with Gasteiger partial charge >= 0.3 is 6.01 Å². The molecule has 0 saturated carbocycles. The summed E-state index contributed by atoms with van der Waals surface area (Å²) >= 11 is 0. The lowest BCUT2D eigenvalue weighted by Crippen LogP contribution is -2.43. The highest BCUT2D eigenvalue weighted by Crippen LogP contribution is 2.41. The number of H-pyrrole nitrogens is 1. The number of ether oxygens (including phenoxy) is 1. The second kappa shape index (κ2) is 11.5. The monoisotopic (exact) mass is 660 g/mol. The number of benzene rings is 2. The van der Waals surface area contributed by atoms with Gasteiger partial charge in [0.1, 0.15) is 23.6 Å². The molecule has 0 unspecified atom stereocenters. The molecule has 4 aromatic heterocycles. The van der Waals surface area contributed by atoms with E-state index in [2.05, 4.69) is 25.1 Å². The van der Waals surface area contributed by atoms with Crippen LogP contribution in [0, 0.1) is 5.82 Å². The summed E-state index contributed by atoms with van der Waals surface area (Å²) in [6.45, 7) is 4.33. The molecule has 3 aliphatic heterocycles. The van der Waals surface area contributed by atoms with Gasteiger partial charge in [-0.1, -0.05) is 24.3 Å². The van der Waals surface area contributed by atoms with E-state index >= 15 is 4.39 Å². The molecule has 0 spiro atoms. The van der Waals surface area contributed by atoms with E-state index in [1.165, 1.54) is 4.90 Å². The molecular weight excluding hydrogens is 623 g/mol. The summed E-state index contributed by atoms with van der Waals surface area (Å²) in [5.74, 6) is -0.140. The fourth-order valence-electron chi connectivity index (χ4n) is 8.15. The SMILES string of the molecule is CN(C)C(=O)c1cc2n(n1)CCCN(c1nc(OCC34CCCN3CCC4)nc3c(F)c(-c4c5ccccc5cc5[nH]ncc45)ncc13)C2. The summed E-state index contributed by atoms with van der Waals surface area (Å²) in [5.41, 5.74) is 3.06. The zero-order valence-corrected chi connectivity index (χ0v) is 27.6. The summed E-state index contributed by atoms with van der Waals surface area (Å²) in [7, 11) is 3.44. The minimum atomic E-state index is -0.537. The first kappa shape index (κ1) is 29.9. The number of anilines is 1. The minimum Gasteiger partial charge on any atom is -0.461 e. The van der Waals surface area contributed by atoms with Gasteiger partial charge in [0.2, 0.25) is 0 Å². The largest absolute Gasteiger partial charge is 0.461 e. The maximum atomic E-state index is 17.2. The molecule has 3 aliphatic rings. The van der Waals surface area contributed by atoms with Crippen molar-refractivity contribution in [2.24, 2.45) is 0 Å². The first-order chi connectivity index (χ1) is 23.9. The van der Waals surface area contributed by atoms with Crippen molar-refractivity contribution < 1.29 is 13.9 Å². The molecule has 13 heteroatoms. The number of rotatable bonds is 6. The van der Waals surface area contributed by atoms with E-state index in [-0.39, 0.29) is 28.7 Å². The molecule has 1 N–H and O–H groups in total. The first-order valence-corrected chi connectivity index (χ1v) is 17.0. The average Bonchev–Trinajstić information content (AvgIpc) is 3.89. The number of amides is 1. The topological polar surface area (TPSA) is 121 Å². The predicted molar refractivity (Wildman–Crippen MR) is 184 cm³/mol. The maximum Gasteiger partial charge on any atom is 0.319 e. The van der Waals surface area contributed by atoms with Gasteiger partial charge in [-0.25, -0.2) is 4.39 Å². The number of aryl methyl sites for hydroxylation is 1. The Morgan fingerprint density at radius 2 is 1.84 bits per heavy atom. The summed E-state index contributed by atoms with van der Waals surface area (Å²) in [5, 5.41) is 15.0. The number of pyridine rings is 1. The fraction of sp³-hybridized carbons (Fsp3) is 0.389. The molecular formula is C36H37FN10O2. The van der Waals surface area contributed by atoms with Crippen LogP contribution in [0.15, 0.2) is 48.8 Å². The highest BCUT2D eigenvalue weighted by molar-refractivity contribution is 6.11. The van der Waals surface area contributed by atoms with Crippen LogP contribution in [-0.2, 0) is 13.1 Å². The number of fused-ring (bicyclic) bond motifs is 5. The average molecular weight is 661 g/mol. The van der Waals surface area contributed by atoms with E-state index in [1.54, 1.807) is 26.5 Å². The molecule has 12 nitrogen and oxygen atoms in total. The molecule has 6 aromatic rings. The molecule has 250 valence electrons. The van der Waals surface area contributed by atoms with Gasteiger partial charge < -0.3 is 14.5 Å². The number of aromatic amines is 1. The molecule has 9 rings (SSSR count). The highest BCUT2D eigenvalue weighted by Gasteiger charge is 2.45. The molecule has 7 heterocycles. The number of aromatic nitrogens is 7. The Balaban J connectivity index is 1.18. The number of carbonyl (C=O) groups is 1. The van der Waals surface area contributed by atoms with Crippen LogP contribution in [0.5, 0.6) is 6.01 Å². The highest BCUT2D eigenvalue weighted by atomic mass is 19.1. The van der Waals surface area contributed by atoms with Gasteiger partial charge in [-0.05, 0) is 68.1 Å². The Morgan fingerprint density at radius 3 is 2.67 bits per heavy atom. The summed E-state index contributed by atoms with van der Waals surface area (Å²) < 4.78 is 25.5. The van der Waals surface area contributed by atoms with Gasteiger partial charge in [-0.3, -0.25) is 24.5 Å². The van der Waals surface area contributed by atoms with Gasteiger partial charge in [0.05, 0.1) is 34.9 Å². The lowest BCUT2D eigenvalue weighted by Gasteiger charge is -2.31. The molecule has 1 amide bonds. The van der Waals surface area contributed by atoms with Gasteiger partial charge in [0.15, 0.2) is 11.5 Å². The van der Waals surface area contributed by atoms with E-state index in [0.717, 1.165) is 72.6 Å². The van der Waals surface area contributed by atoms with E-state index in [9.17, 15) is 4.79 Å². The van der Waals surface area contributed by atoms with Crippen LogP contribution >= 0.6 is 0 Å². The van der Waals surface area contributed by atoms with Crippen LogP contribution in [0.2, 0.25) is 0 Å². The van der Waals surface area contributed by atoms with Crippen molar-refractivity contribution in [1.29, 1.82) is 0 Å². The van der Waals surface area contributed by atoms with Crippen LogP contribution < -0.4 is 9.64 Å². The number of hydrogen-bond acceptors (Lipinski definition) is 9. The van der Waals surface area contributed by atoms with Crippen molar-refractivity contribution >= 4 is 44.3 Å². The molecule has 0 radical (unpaired) electrons. The standard InChI is InChI=1S/C36H37FN10O2/c1-44(2)34(48)28-17-23-20-45(12-7-15-47(23)43-28)33-26-18-38-32(29-24-9-4-3-8-22(24)16-27-25(29)19-39-42-27)30(37)31(26)40-35(41-33)49-21-36-10-5-13-46(36)14-6-11-36/h3-4,8-9,16-19H,5-7,10-15,20-21H2,1-2H3,(H,39,42). The van der Waals surface area contributed by atoms with Crippen molar-refractivity contribution in [3.05, 3.63) is 66.0 Å². The third kappa shape index (κ3) is 4.89. The predicted octanol–water partition coefficient (Wildman–Crippen LogP) is 5.18. The molecule has 2 fully saturated rings. The van der Waals surface area contributed by atoms with Crippen molar-refractivity contribution in [3.8, 4) is 17.3 Å². The Hall–Kier alpha value is -5.17. The third-order valence-electron chi connectivity index (χ3n) is 10.6. The Kier molecular flexibility index (Phi) is 7.01. The van der Waals surface area contributed by atoms with E-state index < -0.39 is 5.82 Å². The Labute approximate surface area is 281 Å². The number of nitrogens with zero attached hydrogens (tertiary/aromatic N) is 9. The molecule has 2 saturated heterocycles. The molecule has 0 aliphatic carbocycles. The molecule has 0 atom stereocenters. The van der Waals surface area contributed by atoms with Crippen LogP contribution in [0.25, 0.3) is 43.8 Å². The summed E-state index contributed by atoms with van der Waals surface area (Å²) in [6, 6.07) is 11.9. The van der Waals surface area contributed by atoms with Crippen LogP contribution in [0.4, 0.5) is 10.2 Å². The summed E-state index contributed by atoms with van der Waals surface area (Å²) in [4.78, 5) is 33.4. The first-order valence-electron chi connectivity index (χ1n) is 17.0. The molecule has 2 aromatic carbocycles. The van der Waals surface area contributed by atoms with Crippen LogP contribution in [-0.4, -0.2) is 96.5 Å². The smallest absolute Gasteiger partial charge is 0.319 e. The lowest BCUT2D eigenvalue weighted by molar-refractivity contribution is 0.0821. The quantitative estimate of drug-likeness (QED) is 0.258. The number of hydrogen-bond donors (Lipinski definition) is 1. The maximum absolute atomic E-state index is 17.2. The second-order valence-corrected chi connectivity index (χ2v) is 13.7. The van der Waals surface area contributed by atoms with Gasteiger partial charge in [0.25, 0.3) is 5.91 Å². The summed E-state index contributed by atoms with van der Waals surface area (Å²) in [6.07, 6.45) is 8.58. The van der Waals surface area contributed by atoms with Crippen LogP contribution in [0.3, 0.4) is 0 Å². The van der Waals surface area contributed by atoms with E-state index in [4.69, 9.17) is 19.7 Å². The normalized spacial score (nSPS) is 17.5. The zero-order valence-electron chi connectivity index (χ0n) is 27.6. The van der Waals surface area contributed by atoms with Crippen molar-refractivity contribution in [1.82, 2.24) is 44.7 Å².